The van der Waals surface area contributed by atoms with Crippen LogP contribution in [-0.4, -0.2) is 20.7 Å². The summed E-state index contributed by atoms with van der Waals surface area (Å²) < 4.78 is 2.01. The molecule has 0 saturated heterocycles. The Morgan fingerprint density at radius 3 is 2.61 bits per heavy atom. The fraction of sp³-hybridized carbons (Fsp3) is 0.176. The maximum atomic E-state index is 12.3. The molecule has 1 heterocycles. The van der Waals surface area contributed by atoms with Crippen LogP contribution in [0.5, 0.6) is 0 Å². The second-order valence-corrected chi connectivity index (χ2v) is 6.94. The van der Waals surface area contributed by atoms with Gasteiger partial charge in [0, 0.05) is 17.8 Å². The molecular formula is C17H16ClN3OS. The predicted octanol–water partition coefficient (Wildman–Crippen LogP) is 4.35. The first-order valence-electron chi connectivity index (χ1n) is 7.19. The molecule has 0 fully saturated rings. The van der Waals surface area contributed by atoms with Gasteiger partial charge in [-0.3, -0.25) is 4.79 Å². The number of imidazole rings is 1. The lowest BCUT2D eigenvalue weighted by atomic mass is 10.3. The van der Waals surface area contributed by atoms with Gasteiger partial charge in [0.2, 0.25) is 5.91 Å². The molecule has 2 aromatic carbocycles. The highest BCUT2D eigenvalue weighted by Gasteiger charge is 2.18. The highest BCUT2D eigenvalue weighted by atomic mass is 35.5. The lowest BCUT2D eigenvalue weighted by Gasteiger charge is -2.11. The molecule has 3 rings (SSSR count). The van der Waals surface area contributed by atoms with Crippen LogP contribution in [0.4, 0.5) is 5.69 Å². The average molecular weight is 346 g/mol. The largest absolute Gasteiger partial charge is 0.325 e. The van der Waals surface area contributed by atoms with Gasteiger partial charge in [0.25, 0.3) is 0 Å². The van der Waals surface area contributed by atoms with E-state index in [-0.39, 0.29) is 11.2 Å². The van der Waals surface area contributed by atoms with Crippen LogP contribution in [-0.2, 0) is 11.8 Å². The van der Waals surface area contributed by atoms with E-state index in [4.69, 9.17) is 11.6 Å². The van der Waals surface area contributed by atoms with E-state index in [0.717, 1.165) is 21.9 Å². The smallest absolute Gasteiger partial charge is 0.237 e. The second kappa shape index (κ2) is 6.64. The van der Waals surface area contributed by atoms with Crippen molar-refractivity contribution in [2.75, 3.05) is 5.32 Å². The van der Waals surface area contributed by atoms with Crippen molar-refractivity contribution in [1.29, 1.82) is 0 Å². The zero-order valence-electron chi connectivity index (χ0n) is 12.8. The standard InChI is InChI=1S/C17H16ClN3OS/c1-11(16(22)19-13-9-7-12(18)8-10-13)23-17-20-14-5-3-4-6-15(14)21(17)2/h3-11H,1-2H3,(H,19,22)/t11-/m1/s1. The Balaban J connectivity index is 1.72. The summed E-state index contributed by atoms with van der Waals surface area (Å²) >= 11 is 7.29. The van der Waals surface area contributed by atoms with Crippen LogP contribution in [0.1, 0.15) is 6.92 Å². The molecule has 4 nitrogen and oxygen atoms in total. The fourth-order valence-electron chi connectivity index (χ4n) is 2.22. The highest BCUT2D eigenvalue weighted by Crippen LogP contribution is 2.26. The van der Waals surface area contributed by atoms with Crippen molar-refractivity contribution in [2.24, 2.45) is 7.05 Å². The predicted molar refractivity (Wildman–Crippen MR) is 96.1 cm³/mol. The Morgan fingerprint density at radius 2 is 1.91 bits per heavy atom. The molecule has 0 radical (unpaired) electrons. The number of rotatable bonds is 4. The van der Waals surface area contributed by atoms with Crippen LogP contribution in [0.3, 0.4) is 0 Å². The highest BCUT2D eigenvalue weighted by molar-refractivity contribution is 8.00. The van der Waals surface area contributed by atoms with Crippen LogP contribution in [0.2, 0.25) is 5.02 Å². The maximum Gasteiger partial charge on any atom is 0.237 e. The molecule has 0 unspecified atom stereocenters. The second-order valence-electron chi connectivity index (χ2n) is 5.20. The quantitative estimate of drug-likeness (QED) is 0.715. The summed E-state index contributed by atoms with van der Waals surface area (Å²) in [6, 6.07) is 15.0. The summed E-state index contributed by atoms with van der Waals surface area (Å²) in [6.07, 6.45) is 0. The number of amides is 1. The molecule has 0 aliphatic heterocycles. The van der Waals surface area contributed by atoms with Gasteiger partial charge in [0.1, 0.15) is 0 Å². The molecule has 0 spiro atoms. The Bertz CT molecular complexity index is 845. The minimum absolute atomic E-state index is 0.0654. The third-order valence-electron chi connectivity index (χ3n) is 3.51. The Morgan fingerprint density at radius 1 is 1.22 bits per heavy atom. The number of aromatic nitrogens is 2. The summed E-state index contributed by atoms with van der Waals surface area (Å²) in [5.41, 5.74) is 2.72. The van der Waals surface area contributed by atoms with Gasteiger partial charge in [-0.1, -0.05) is 35.5 Å². The number of hydrogen-bond acceptors (Lipinski definition) is 3. The molecular weight excluding hydrogens is 330 g/mol. The molecule has 6 heteroatoms. The lowest BCUT2D eigenvalue weighted by molar-refractivity contribution is -0.115. The van der Waals surface area contributed by atoms with Gasteiger partial charge in [-0.2, -0.15) is 0 Å². The van der Waals surface area contributed by atoms with E-state index in [1.54, 1.807) is 24.3 Å². The van der Waals surface area contributed by atoms with E-state index in [1.165, 1.54) is 11.8 Å². The van der Waals surface area contributed by atoms with E-state index < -0.39 is 0 Å². The number of thioether (sulfide) groups is 1. The molecule has 1 atom stereocenters. The summed E-state index contributed by atoms with van der Waals surface area (Å²) in [5, 5.41) is 4.09. The number of nitrogens with one attached hydrogen (secondary N) is 1. The van der Waals surface area contributed by atoms with Gasteiger partial charge in [0.15, 0.2) is 5.16 Å². The van der Waals surface area contributed by atoms with Crippen LogP contribution >= 0.6 is 23.4 Å². The SMILES string of the molecule is C[C@@H](Sc1nc2ccccc2n1C)C(=O)Nc1ccc(Cl)cc1. The van der Waals surface area contributed by atoms with Crippen molar-refractivity contribution < 1.29 is 4.79 Å². The average Bonchev–Trinajstić information content (AvgIpc) is 2.86. The number of para-hydroxylation sites is 2. The van der Waals surface area contributed by atoms with Crippen LogP contribution < -0.4 is 5.32 Å². The van der Waals surface area contributed by atoms with Crippen molar-refractivity contribution >= 4 is 46.0 Å². The molecule has 0 saturated carbocycles. The van der Waals surface area contributed by atoms with E-state index in [0.29, 0.717) is 5.02 Å². The van der Waals surface area contributed by atoms with Gasteiger partial charge >= 0.3 is 0 Å². The summed E-state index contributed by atoms with van der Waals surface area (Å²) in [6.45, 7) is 1.87. The van der Waals surface area contributed by atoms with Crippen molar-refractivity contribution in [3.05, 3.63) is 53.6 Å². The fourth-order valence-corrected chi connectivity index (χ4v) is 3.23. The number of carbonyl (C=O) groups is 1. The number of benzene rings is 2. The number of anilines is 1. The van der Waals surface area contributed by atoms with Crippen molar-refractivity contribution in [1.82, 2.24) is 9.55 Å². The van der Waals surface area contributed by atoms with Crippen molar-refractivity contribution in [2.45, 2.75) is 17.3 Å². The maximum absolute atomic E-state index is 12.3. The van der Waals surface area contributed by atoms with Crippen LogP contribution in [0, 0.1) is 0 Å². The zero-order valence-corrected chi connectivity index (χ0v) is 14.4. The first-order valence-corrected chi connectivity index (χ1v) is 8.45. The number of hydrogen-bond donors (Lipinski definition) is 1. The first-order chi connectivity index (χ1) is 11.0. The van der Waals surface area contributed by atoms with Crippen molar-refractivity contribution in [3.8, 4) is 0 Å². The van der Waals surface area contributed by atoms with Gasteiger partial charge in [-0.05, 0) is 43.3 Å². The van der Waals surface area contributed by atoms with Gasteiger partial charge in [-0.15, -0.1) is 0 Å². The van der Waals surface area contributed by atoms with E-state index >= 15 is 0 Å². The van der Waals surface area contributed by atoms with Gasteiger partial charge in [0.05, 0.1) is 16.3 Å². The third-order valence-corrected chi connectivity index (χ3v) is 4.90. The first kappa shape index (κ1) is 15.9. The number of carbonyl (C=O) groups excluding carboxylic acids is 1. The molecule has 1 aromatic heterocycles. The van der Waals surface area contributed by atoms with Gasteiger partial charge < -0.3 is 9.88 Å². The van der Waals surface area contributed by atoms with E-state index in [9.17, 15) is 4.79 Å². The summed E-state index contributed by atoms with van der Waals surface area (Å²) in [5.74, 6) is -0.0654. The third kappa shape index (κ3) is 3.51. The molecule has 1 N–H and O–H groups in total. The monoisotopic (exact) mass is 345 g/mol. The minimum atomic E-state index is -0.263. The number of halogens is 1. The van der Waals surface area contributed by atoms with Crippen LogP contribution in [0.25, 0.3) is 11.0 Å². The number of aryl methyl sites for hydroxylation is 1. The van der Waals surface area contributed by atoms with Crippen LogP contribution in [0.15, 0.2) is 53.7 Å². The zero-order chi connectivity index (χ0) is 16.4. The number of fused-ring (bicyclic) bond motifs is 1. The van der Waals surface area contributed by atoms with E-state index in [2.05, 4.69) is 10.3 Å². The van der Waals surface area contributed by atoms with E-state index in [1.807, 2.05) is 42.8 Å². The Hall–Kier alpha value is -1.98. The lowest BCUT2D eigenvalue weighted by Crippen LogP contribution is -2.22. The molecule has 1 amide bonds. The Labute approximate surface area is 143 Å². The molecule has 0 aliphatic carbocycles. The number of nitrogens with zero attached hydrogens (tertiary/aromatic N) is 2. The Kier molecular flexibility index (Phi) is 4.59. The van der Waals surface area contributed by atoms with Crippen molar-refractivity contribution in [3.63, 3.8) is 0 Å². The summed E-state index contributed by atoms with van der Waals surface area (Å²) in [4.78, 5) is 16.9. The van der Waals surface area contributed by atoms with Gasteiger partial charge in [-0.25, -0.2) is 4.98 Å². The topological polar surface area (TPSA) is 46.9 Å². The minimum Gasteiger partial charge on any atom is -0.325 e. The molecule has 3 aromatic rings. The molecule has 23 heavy (non-hydrogen) atoms. The molecule has 118 valence electrons. The summed E-state index contributed by atoms with van der Waals surface area (Å²) in [7, 11) is 1.96. The normalized spacial score (nSPS) is 12.3. The molecule has 0 aliphatic rings. The molecule has 0 bridgehead atoms.